The molecule has 28 heavy (non-hydrogen) atoms. The number of nitrogens with zero attached hydrogens (tertiary/aromatic N) is 1. The topological polar surface area (TPSA) is 23.5 Å². The van der Waals surface area contributed by atoms with Gasteiger partial charge in [0.25, 0.3) is 0 Å². The Balaban J connectivity index is 1.70. The van der Waals surface area contributed by atoms with Gasteiger partial charge in [-0.25, -0.2) is 0 Å². The number of rotatable bonds is 6. The molecule has 1 heterocycles. The fourth-order valence-electron chi connectivity index (χ4n) is 6.66. The summed E-state index contributed by atoms with van der Waals surface area (Å²) < 4.78 is 0. The number of fused-ring (bicyclic) bond motifs is 1. The first kappa shape index (κ1) is 20.4. The van der Waals surface area contributed by atoms with Gasteiger partial charge in [-0.2, -0.15) is 0 Å². The van der Waals surface area contributed by atoms with Crippen molar-refractivity contribution >= 4 is 0 Å². The Morgan fingerprint density at radius 1 is 0.929 bits per heavy atom. The molecule has 2 aliphatic carbocycles. The first-order valence-corrected chi connectivity index (χ1v) is 12.3. The maximum atomic E-state index is 12.6. The molecule has 3 aliphatic rings. The van der Waals surface area contributed by atoms with Gasteiger partial charge in [-0.1, -0.05) is 76.1 Å². The Labute approximate surface area is 172 Å². The molecule has 1 atom stereocenters. The van der Waals surface area contributed by atoms with Crippen LogP contribution >= 0.6 is 0 Å². The van der Waals surface area contributed by atoms with E-state index in [1.807, 2.05) is 0 Å². The number of benzene rings is 1. The summed E-state index contributed by atoms with van der Waals surface area (Å²) in [7, 11) is 0. The van der Waals surface area contributed by atoms with Crippen molar-refractivity contribution in [2.75, 3.05) is 13.1 Å². The predicted molar refractivity (Wildman–Crippen MR) is 117 cm³/mol. The smallest absolute Gasteiger partial charge is 0.0784 e. The normalized spacial score (nSPS) is 25.6. The molecular weight excluding hydrogens is 342 g/mol. The molecule has 0 spiro atoms. The first-order valence-electron chi connectivity index (χ1n) is 12.3. The molecule has 0 bridgehead atoms. The summed E-state index contributed by atoms with van der Waals surface area (Å²) in [5.74, 6) is 1.28. The van der Waals surface area contributed by atoms with E-state index in [2.05, 4.69) is 36.1 Å². The van der Waals surface area contributed by atoms with Crippen LogP contribution in [0.25, 0.3) is 0 Å². The standard InChI is InChI=1S/C26H41NO/c1-2-3-18-27-19-21-12-10-11-17-24(21)25(20-27)26(28,22-13-6-4-7-14-22)23-15-8-5-9-16-23/h10-12,17,22-23,25,28H,2-9,13-16,18-20H2,1H3. The summed E-state index contributed by atoms with van der Waals surface area (Å²) in [6.07, 6.45) is 15.4. The summed E-state index contributed by atoms with van der Waals surface area (Å²) in [5, 5.41) is 12.6. The van der Waals surface area contributed by atoms with E-state index >= 15 is 0 Å². The van der Waals surface area contributed by atoms with E-state index in [-0.39, 0.29) is 0 Å². The monoisotopic (exact) mass is 383 g/mol. The minimum absolute atomic E-state index is 0.292. The third-order valence-corrected chi connectivity index (χ3v) is 8.17. The van der Waals surface area contributed by atoms with Crippen LogP contribution in [0.3, 0.4) is 0 Å². The lowest BCUT2D eigenvalue weighted by Crippen LogP contribution is -2.55. The minimum atomic E-state index is -0.512. The van der Waals surface area contributed by atoms with Gasteiger partial charge < -0.3 is 5.11 Å². The van der Waals surface area contributed by atoms with Gasteiger partial charge in [0, 0.05) is 19.0 Å². The molecule has 1 N–H and O–H groups in total. The lowest BCUT2D eigenvalue weighted by atomic mass is 9.59. The van der Waals surface area contributed by atoms with E-state index in [9.17, 15) is 5.11 Å². The third kappa shape index (κ3) is 4.05. The van der Waals surface area contributed by atoms with E-state index < -0.39 is 5.60 Å². The highest BCUT2D eigenvalue weighted by Crippen LogP contribution is 2.51. The van der Waals surface area contributed by atoms with Crippen LogP contribution in [-0.4, -0.2) is 28.7 Å². The molecule has 4 rings (SSSR count). The molecule has 1 aromatic carbocycles. The molecule has 2 nitrogen and oxygen atoms in total. The zero-order valence-corrected chi connectivity index (χ0v) is 18.0. The van der Waals surface area contributed by atoms with Crippen LogP contribution in [0.1, 0.15) is 101 Å². The van der Waals surface area contributed by atoms with Crippen LogP contribution in [0.5, 0.6) is 0 Å². The maximum absolute atomic E-state index is 12.6. The van der Waals surface area contributed by atoms with Crippen molar-refractivity contribution in [1.29, 1.82) is 0 Å². The van der Waals surface area contributed by atoms with Crippen molar-refractivity contribution in [3.05, 3.63) is 35.4 Å². The predicted octanol–water partition coefficient (Wildman–Crippen LogP) is 6.28. The molecule has 0 aromatic heterocycles. The second-order valence-electron chi connectivity index (χ2n) is 9.90. The lowest BCUT2D eigenvalue weighted by molar-refractivity contribution is -0.119. The van der Waals surface area contributed by atoms with Crippen molar-refractivity contribution < 1.29 is 5.11 Å². The van der Waals surface area contributed by atoms with Crippen LogP contribution in [-0.2, 0) is 6.54 Å². The van der Waals surface area contributed by atoms with Gasteiger partial charge in [0.1, 0.15) is 0 Å². The molecule has 2 heteroatoms. The molecule has 0 radical (unpaired) electrons. The SMILES string of the molecule is CCCCN1Cc2ccccc2C(C(O)(C2CCCCC2)C2CCCCC2)C1. The van der Waals surface area contributed by atoms with Gasteiger partial charge in [-0.05, 0) is 61.6 Å². The summed E-state index contributed by atoms with van der Waals surface area (Å²) in [5.41, 5.74) is 2.43. The molecule has 1 aromatic rings. The number of aliphatic hydroxyl groups is 1. The average molecular weight is 384 g/mol. The Kier molecular flexibility index (Phi) is 6.78. The Morgan fingerprint density at radius 2 is 1.54 bits per heavy atom. The highest BCUT2D eigenvalue weighted by molar-refractivity contribution is 5.36. The van der Waals surface area contributed by atoms with Gasteiger partial charge in [-0.15, -0.1) is 0 Å². The molecule has 0 saturated heterocycles. The third-order valence-electron chi connectivity index (χ3n) is 8.17. The molecule has 0 amide bonds. The first-order chi connectivity index (χ1) is 13.7. The molecule has 2 fully saturated rings. The zero-order valence-electron chi connectivity index (χ0n) is 18.0. The number of hydrogen-bond donors (Lipinski definition) is 1. The van der Waals surface area contributed by atoms with E-state index in [1.165, 1.54) is 94.7 Å². The van der Waals surface area contributed by atoms with Crippen molar-refractivity contribution in [2.45, 2.75) is 102 Å². The quantitative estimate of drug-likeness (QED) is 0.625. The summed E-state index contributed by atoms with van der Waals surface area (Å²) in [6.45, 7) is 5.58. The highest BCUT2D eigenvalue weighted by Gasteiger charge is 2.51. The Morgan fingerprint density at radius 3 is 2.14 bits per heavy atom. The van der Waals surface area contributed by atoms with Crippen LogP contribution in [0.2, 0.25) is 0 Å². The lowest BCUT2D eigenvalue weighted by Gasteiger charge is -2.53. The fourth-order valence-corrected chi connectivity index (χ4v) is 6.66. The van der Waals surface area contributed by atoms with Crippen LogP contribution < -0.4 is 0 Å². The Bertz CT molecular complexity index is 597. The van der Waals surface area contributed by atoms with Crippen LogP contribution in [0.15, 0.2) is 24.3 Å². The van der Waals surface area contributed by atoms with E-state index in [1.54, 1.807) is 0 Å². The molecule has 1 aliphatic heterocycles. The second-order valence-corrected chi connectivity index (χ2v) is 9.90. The van der Waals surface area contributed by atoms with Crippen molar-refractivity contribution in [1.82, 2.24) is 4.90 Å². The minimum Gasteiger partial charge on any atom is -0.389 e. The largest absolute Gasteiger partial charge is 0.389 e. The second kappa shape index (κ2) is 9.30. The van der Waals surface area contributed by atoms with Gasteiger partial charge in [0.05, 0.1) is 5.60 Å². The summed E-state index contributed by atoms with van der Waals surface area (Å²) in [6, 6.07) is 9.06. The fraction of sp³-hybridized carbons (Fsp3) is 0.769. The summed E-state index contributed by atoms with van der Waals surface area (Å²) in [4.78, 5) is 2.65. The van der Waals surface area contributed by atoms with E-state index in [4.69, 9.17) is 0 Å². The number of hydrogen-bond acceptors (Lipinski definition) is 2. The number of unbranched alkanes of at least 4 members (excludes halogenated alkanes) is 1. The molecule has 1 unspecified atom stereocenters. The van der Waals surface area contributed by atoms with E-state index in [0.717, 1.165) is 13.1 Å². The van der Waals surface area contributed by atoms with E-state index in [0.29, 0.717) is 17.8 Å². The maximum Gasteiger partial charge on any atom is 0.0784 e. The molecule has 2 saturated carbocycles. The van der Waals surface area contributed by atoms with Crippen LogP contribution in [0.4, 0.5) is 0 Å². The van der Waals surface area contributed by atoms with Gasteiger partial charge in [-0.3, -0.25) is 4.90 Å². The average Bonchev–Trinajstić information content (AvgIpc) is 2.77. The highest BCUT2D eigenvalue weighted by atomic mass is 16.3. The van der Waals surface area contributed by atoms with Gasteiger partial charge in [0.2, 0.25) is 0 Å². The molecular formula is C26H41NO. The zero-order chi connectivity index (χ0) is 19.4. The molecule has 156 valence electrons. The van der Waals surface area contributed by atoms with Crippen LogP contribution in [0, 0.1) is 11.8 Å². The summed E-state index contributed by atoms with van der Waals surface area (Å²) >= 11 is 0. The van der Waals surface area contributed by atoms with Crippen molar-refractivity contribution in [2.24, 2.45) is 11.8 Å². The van der Waals surface area contributed by atoms with Gasteiger partial charge in [0.15, 0.2) is 0 Å². The van der Waals surface area contributed by atoms with Gasteiger partial charge >= 0.3 is 0 Å². The van der Waals surface area contributed by atoms with Crippen molar-refractivity contribution in [3.8, 4) is 0 Å². The van der Waals surface area contributed by atoms with Crippen molar-refractivity contribution in [3.63, 3.8) is 0 Å². The Hall–Kier alpha value is -0.860.